The molecule has 0 spiro atoms. The molecule has 2 aliphatic heterocycles. The van der Waals surface area contributed by atoms with E-state index in [0.29, 0.717) is 37.3 Å². The Morgan fingerprint density at radius 3 is 2.80 bits per heavy atom. The number of pyridine rings is 2. The van der Waals surface area contributed by atoms with Crippen molar-refractivity contribution >= 4 is 6.03 Å². The van der Waals surface area contributed by atoms with Gasteiger partial charge in [0.1, 0.15) is 0 Å². The molecule has 0 radical (unpaired) electrons. The van der Waals surface area contributed by atoms with Crippen LogP contribution in [0.25, 0.3) is 0 Å². The van der Waals surface area contributed by atoms with E-state index in [-0.39, 0.29) is 24.7 Å². The molecule has 160 valence electrons. The van der Waals surface area contributed by atoms with Gasteiger partial charge >= 0.3 is 12.2 Å². The fourth-order valence-corrected chi connectivity index (χ4v) is 4.09. The Balaban J connectivity index is 1.36. The molecule has 2 aliphatic rings. The number of rotatable bonds is 3. The largest absolute Gasteiger partial charge is 0.417 e. The molecule has 9 heteroatoms. The first-order chi connectivity index (χ1) is 14.3. The van der Waals surface area contributed by atoms with Crippen LogP contribution >= 0.6 is 0 Å². The molecule has 1 fully saturated rings. The molecular formula is C21H24F3N5O. The van der Waals surface area contributed by atoms with Crippen molar-refractivity contribution in [2.45, 2.75) is 44.6 Å². The lowest BCUT2D eigenvalue weighted by atomic mass is 10.0. The SMILES string of the molecule is CC(NC1CCN(C(=O)N2CCc3ncc(C(F)(F)F)cc3C2)C1)c1ccccn1. The van der Waals surface area contributed by atoms with Crippen molar-refractivity contribution in [3.63, 3.8) is 0 Å². The lowest BCUT2D eigenvalue weighted by Gasteiger charge is -2.32. The Morgan fingerprint density at radius 2 is 2.07 bits per heavy atom. The maximum atomic E-state index is 13.0. The van der Waals surface area contributed by atoms with Crippen LogP contribution in [0.15, 0.2) is 36.7 Å². The third-order valence-corrected chi connectivity index (χ3v) is 5.71. The lowest BCUT2D eigenvalue weighted by molar-refractivity contribution is -0.137. The van der Waals surface area contributed by atoms with Crippen molar-refractivity contribution in [2.24, 2.45) is 0 Å². The molecule has 2 aromatic rings. The molecule has 2 unspecified atom stereocenters. The molecule has 4 rings (SSSR count). The molecule has 6 nitrogen and oxygen atoms in total. The van der Waals surface area contributed by atoms with Gasteiger partial charge in [-0.3, -0.25) is 9.97 Å². The summed E-state index contributed by atoms with van der Waals surface area (Å²) >= 11 is 0. The summed E-state index contributed by atoms with van der Waals surface area (Å²) in [6.45, 7) is 3.85. The molecule has 2 aromatic heterocycles. The van der Waals surface area contributed by atoms with E-state index in [2.05, 4.69) is 15.3 Å². The molecule has 4 heterocycles. The van der Waals surface area contributed by atoms with Crippen molar-refractivity contribution < 1.29 is 18.0 Å². The second-order valence-electron chi connectivity index (χ2n) is 7.86. The van der Waals surface area contributed by atoms with Crippen LogP contribution in [0.5, 0.6) is 0 Å². The summed E-state index contributed by atoms with van der Waals surface area (Å²) in [6, 6.07) is 6.98. The summed E-state index contributed by atoms with van der Waals surface area (Å²) in [5, 5.41) is 3.51. The number of fused-ring (bicyclic) bond motifs is 1. The second-order valence-corrected chi connectivity index (χ2v) is 7.86. The number of carbonyl (C=O) groups is 1. The topological polar surface area (TPSA) is 61.4 Å². The minimum absolute atomic E-state index is 0.0694. The van der Waals surface area contributed by atoms with E-state index in [9.17, 15) is 18.0 Å². The van der Waals surface area contributed by atoms with E-state index in [1.807, 2.05) is 25.1 Å². The van der Waals surface area contributed by atoms with Crippen molar-refractivity contribution in [3.05, 3.63) is 59.2 Å². The van der Waals surface area contributed by atoms with Crippen molar-refractivity contribution in [3.8, 4) is 0 Å². The Labute approximate surface area is 173 Å². The monoisotopic (exact) mass is 419 g/mol. The molecule has 0 bridgehead atoms. The van der Waals surface area contributed by atoms with Gasteiger partial charge in [-0.15, -0.1) is 0 Å². The van der Waals surface area contributed by atoms with E-state index in [4.69, 9.17) is 0 Å². The first kappa shape index (κ1) is 20.6. The summed E-state index contributed by atoms with van der Waals surface area (Å²) in [5.74, 6) is 0. The molecule has 30 heavy (non-hydrogen) atoms. The van der Waals surface area contributed by atoms with E-state index >= 15 is 0 Å². The maximum Gasteiger partial charge on any atom is 0.417 e. The number of hydrogen-bond acceptors (Lipinski definition) is 4. The van der Waals surface area contributed by atoms with Gasteiger partial charge in [-0.2, -0.15) is 13.2 Å². The first-order valence-corrected chi connectivity index (χ1v) is 10.1. The number of amides is 2. The maximum absolute atomic E-state index is 13.0. The zero-order valence-corrected chi connectivity index (χ0v) is 16.7. The normalized spacial score (nSPS) is 20.2. The predicted molar refractivity (Wildman–Crippen MR) is 105 cm³/mol. The molecule has 0 saturated carbocycles. The Bertz CT molecular complexity index is 905. The summed E-state index contributed by atoms with van der Waals surface area (Å²) in [4.78, 5) is 24.7. The van der Waals surface area contributed by atoms with Gasteiger partial charge in [0.25, 0.3) is 0 Å². The lowest BCUT2D eigenvalue weighted by Crippen LogP contribution is -2.45. The average Bonchev–Trinajstić information content (AvgIpc) is 3.20. The van der Waals surface area contributed by atoms with Crippen LogP contribution in [0.2, 0.25) is 0 Å². The fraction of sp³-hybridized carbons (Fsp3) is 0.476. The number of aromatic nitrogens is 2. The number of nitrogens with zero attached hydrogens (tertiary/aromatic N) is 4. The van der Waals surface area contributed by atoms with Gasteiger partial charge in [-0.05, 0) is 37.1 Å². The van der Waals surface area contributed by atoms with Crippen LogP contribution < -0.4 is 5.32 Å². The highest BCUT2D eigenvalue weighted by atomic mass is 19.4. The number of carbonyl (C=O) groups excluding carboxylic acids is 1. The minimum Gasteiger partial charge on any atom is -0.323 e. The van der Waals surface area contributed by atoms with Crippen molar-refractivity contribution in [1.29, 1.82) is 0 Å². The summed E-state index contributed by atoms with van der Waals surface area (Å²) in [5.41, 5.74) is 1.28. The molecule has 2 atom stereocenters. The Morgan fingerprint density at radius 1 is 1.23 bits per heavy atom. The Kier molecular flexibility index (Phi) is 5.64. The number of urea groups is 1. The van der Waals surface area contributed by atoms with Crippen molar-refractivity contribution in [2.75, 3.05) is 19.6 Å². The molecule has 1 N–H and O–H groups in total. The summed E-state index contributed by atoms with van der Waals surface area (Å²) in [7, 11) is 0. The quantitative estimate of drug-likeness (QED) is 0.829. The molecule has 1 saturated heterocycles. The highest BCUT2D eigenvalue weighted by Gasteiger charge is 2.35. The summed E-state index contributed by atoms with van der Waals surface area (Å²) < 4.78 is 39.0. The van der Waals surface area contributed by atoms with Crippen LogP contribution in [0.4, 0.5) is 18.0 Å². The van der Waals surface area contributed by atoms with E-state index < -0.39 is 11.7 Å². The smallest absolute Gasteiger partial charge is 0.323 e. The molecule has 0 aliphatic carbocycles. The Hall–Kier alpha value is -2.68. The van der Waals surface area contributed by atoms with Gasteiger partial charge in [0.05, 0.1) is 11.3 Å². The third kappa shape index (κ3) is 4.40. The molecule has 0 aromatic carbocycles. The van der Waals surface area contributed by atoms with Gasteiger partial charge in [-0.1, -0.05) is 6.07 Å². The fourth-order valence-electron chi connectivity index (χ4n) is 4.09. The number of hydrogen-bond donors (Lipinski definition) is 1. The molecule has 2 amide bonds. The van der Waals surface area contributed by atoms with Crippen LogP contribution in [-0.4, -0.2) is 51.5 Å². The van der Waals surface area contributed by atoms with Crippen LogP contribution in [0.3, 0.4) is 0 Å². The van der Waals surface area contributed by atoms with E-state index in [0.717, 1.165) is 24.4 Å². The van der Waals surface area contributed by atoms with E-state index in [1.54, 1.807) is 16.0 Å². The molecular weight excluding hydrogens is 395 g/mol. The number of likely N-dealkylation sites (tertiary alicyclic amines) is 1. The predicted octanol–water partition coefficient (Wildman–Crippen LogP) is 3.40. The number of halogens is 3. The number of alkyl halides is 3. The van der Waals surface area contributed by atoms with Gasteiger partial charge in [0.2, 0.25) is 0 Å². The number of nitrogens with one attached hydrogen (secondary N) is 1. The zero-order chi connectivity index (χ0) is 21.3. The van der Waals surface area contributed by atoms with Crippen LogP contribution in [-0.2, 0) is 19.1 Å². The van der Waals surface area contributed by atoms with Crippen molar-refractivity contribution in [1.82, 2.24) is 25.1 Å². The second kappa shape index (κ2) is 8.22. The summed E-state index contributed by atoms with van der Waals surface area (Å²) in [6.07, 6.45) is -0.522. The standard InChI is InChI=1S/C21H24F3N5O/c1-14(18-4-2-3-7-25-18)27-17-5-8-29(13-17)20(30)28-9-6-19-15(12-28)10-16(11-26-19)21(22,23)24/h2-4,7,10-11,14,17,27H,5-6,8-9,12-13H2,1H3. The first-order valence-electron chi connectivity index (χ1n) is 10.1. The third-order valence-electron chi connectivity index (χ3n) is 5.71. The van der Waals surface area contributed by atoms with Crippen LogP contribution in [0, 0.1) is 0 Å². The highest BCUT2D eigenvalue weighted by molar-refractivity contribution is 5.75. The van der Waals surface area contributed by atoms with Crippen LogP contribution in [0.1, 0.15) is 41.9 Å². The van der Waals surface area contributed by atoms with Gasteiger partial charge in [-0.25, -0.2) is 4.79 Å². The highest BCUT2D eigenvalue weighted by Crippen LogP contribution is 2.31. The zero-order valence-electron chi connectivity index (χ0n) is 16.7. The van der Waals surface area contributed by atoms with Gasteiger partial charge in [0, 0.05) is 62.8 Å². The van der Waals surface area contributed by atoms with E-state index in [1.165, 1.54) is 0 Å². The van der Waals surface area contributed by atoms with Gasteiger partial charge in [0.15, 0.2) is 0 Å². The van der Waals surface area contributed by atoms with Gasteiger partial charge < -0.3 is 15.1 Å². The average molecular weight is 419 g/mol. The minimum atomic E-state index is -4.44.